The molecule has 2 aromatic carbocycles. The number of benzene rings is 2. The Morgan fingerprint density at radius 2 is 1.70 bits per heavy atom. The number of aryl methyl sites for hydroxylation is 1. The van der Waals surface area contributed by atoms with Crippen LogP contribution in [-0.2, 0) is 25.1 Å². The Morgan fingerprint density at radius 1 is 0.932 bits per heavy atom. The molecule has 2 aromatic heterocycles. The molecule has 1 aliphatic rings. The lowest BCUT2D eigenvalue weighted by atomic mass is 10.0. The number of likely N-dealkylation sites (N-methyl/N-ethyl adjacent to an activating group) is 1. The van der Waals surface area contributed by atoms with Crippen LogP contribution in [0.2, 0.25) is 25.7 Å². The molecule has 1 fully saturated rings. The van der Waals surface area contributed by atoms with Crippen LogP contribution in [0.5, 0.6) is 11.5 Å². The lowest BCUT2D eigenvalue weighted by Gasteiger charge is -2.22. The first-order valence-corrected chi connectivity index (χ1v) is 18.8. The van der Waals surface area contributed by atoms with E-state index in [2.05, 4.69) is 41.1 Å². The number of fused-ring (bicyclic) bond motifs is 1. The fourth-order valence-corrected chi connectivity index (χ4v) is 6.34. The van der Waals surface area contributed by atoms with Gasteiger partial charge in [-0.1, -0.05) is 19.6 Å². The maximum atomic E-state index is 14.7. The number of nitrogens with two attached hydrogens (primary N) is 1. The maximum absolute atomic E-state index is 14.7. The summed E-state index contributed by atoms with van der Waals surface area (Å²) < 4.78 is 44.2. The van der Waals surface area contributed by atoms with Crippen LogP contribution in [0.25, 0.3) is 22.0 Å². The van der Waals surface area contributed by atoms with E-state index < -0.39 is 19.7 Å². The van der Waals surface area contributed by atoms with Crippen LogP contribution in [0.3, 0.4) is 0 Å². The van der Waals surface area contributed by atoms with Gasteiger partial charge in [0.15, 0.2) is 11.6 Å². The highest BCUT2D eigenvalue weighted by Crippen LogP contribution is 2.39. The van der Waals surface area contributed by atoms with Gasteiger partial charge < -0.3 is 29.2 Å². The van der Waals surface area contributed by atoms with Crippen molar-refractivity contribution in [3.63, 3.8) is 0 Å². The first-order chi connectivity index (χ1) is 20.9. The van der Waals surface area contributed by atoms with Crippen molar-refractivity contribution >= 4 is 24.7 Å². The molecule has 0 radical (unpaired) electrons. The summed E-state index contributed by atoms with van der Waals surface area (Å²) in [6.45, 7) is 12.4. The van der Waals surface area contributed by atoms with E-state index in [1.165, 1.54) is 6.07 Å². The van der Waals surface area contributed by atoms with Gasteiger partial charge >= 0.3 is 0 Å². The van der Waals surface area contributed by atoms with Crippen LogP contribution in [0.15, 0.2) is 53.5 Å². The second-order valence-electron chi connectivity index (χ2n) is 13.0. The Bertz CT molecular complexity index is 1700. The van der Waals surface area contributed by atoms with E-state index in [-0.39, 0.29) is 18.0 Å². The average Bonchev–Trinajstić information content (AvgIpc) is 3.18. The van der Waals surface area contributed by atoms with Crippen molar-refractivity contribution in [2.75, 3.05) is 45.6 Å². The van der Waals surface area contributed by atoms with E-state index >= 15 is 0 Å². The first-order valence-electron chi connectivity index (χ1n) is 15.1. The zero-order chi connectivity index (χ0) is 31.6. The van der Waals surface area contributed by atoms with E-state index in [0.29, 0.717) is 46.6 Å². The van der Waals surface area contributed by atoms with Gasteiger partial charge in [0.2, 0.25) is 0 Å². The molecule has 0 amide bonds. The van der Waals surface area contributed by atoms with Gasteiger partial charge in [-0.05, 0) is 69.0 Å². The molecule has 0 aliphatic carbocycles. The molecule has 1 saturated heterocycles. The lowest BCUT2D eigenvalue weighted by Crippen LogP contribution is -2.29. The third-order valence-electron chi connectivity index (χ3n) is 8.13. The number of halogens is 2. The zero-order valence-electron chi connectivity index (χ0n) is 26.3. The van der Waals surface area contributed by atoms with Crippen molar-refractivity contribution in [3.8, 4) is 22.6 Å². The van der Waals surface area contributed by atoms with Gasteiger partial charge in [0.1, 0.15) is 18.3 Å². The number of anilines is 1. The zero-order valence-corrected chi connectivity index (χ0v) is 27.3. The Balaban J connectivity index is 1.64. The molecule has 236 valence electrons. The molecule has 0 spiro atoms. The van der Waals surface area contributed by atoms with Crippen LogP contribution in [0, 0.1) is 11.6 Å². The fourth-order valence-electron chi connectivity index (χ4n) is 5.58. The van der Waals surface area contributed by atoms with Gasteiger partial charge in [-0.2, -0.15) is 0 Å². The average molecular weight is 624 g/mol. The molecule has 3 heterocycles. The summed E-state index contributed by atoms with van der Waals surface area (Å²) in [7, 11) is 2.54. The molecular formula is C33H43F2N5O3Si. The summed E-state index contributed by atoms with van der Waals surface area (Å²) in [5, 5.41) is 0.557. The minimum absolute atomic E-state index is 0.115. The Morgan fingerprint density at radius 3 is 2.45 bits per heavy atom. The molecule has 8 nitrogen and oxygen atoms in total. The number of hydrogen-bond acceptors (Lipinski definition) is 6. The van der Waals surface area contributed by atoms with Gasteiger partial charge in [-0.15, -0.1) is 0 Å². The standard InChI is InChI=1S/C33H43F2N5O3Si/c1-37-11-6-12-39(14-13-37)20-25-19-27-32(40(25)22-42-15-16-44(3,4)5)28(21-38(2)33(27)41)26-18-24(36)8-10-30(26)43-31-9-7-23(34)17-29(31)35/h7-10,17-19,21H,6,11-16,20,22,36H2,1-5H3. The molecule has 0 unspecified atom stereocenters. The van der Waals surface area contributed by atoms with E-state index in [1.54, 1.807) is 36.0 Å². The minimum Gasteiger partial charge on any atom is -0.454 e. The topological polar surface area (TPSA) is 77.9 Å². The predicted octanol–water partition coefficient (Wildman–Crippen LogP) is 6.11. The summed E-state index contributed by atoms with van der Waals surface area (Å²) >= 11 is 0. The number of hydrogen-bond donors (Lipinski definition) is 1. The Hall–Kier alpha value is -3.51. The molecule has 0 saturated carbocycles. The third-order valence-corrected chi connectivity index (χ3v) is 9.84. The van der Waals surface area contributed by atoms with E-state index in [4.69, 9.17) is 15.2 Å². The van der Waals surface area contributed by atoms with Crippen LogP contribution >= 0.6 is 0 Å². The molecule has 44 heavy (non-hydrogen) atoms. The highest BCUT2D eigenvalue weighted by atomic mass is 28.3. The van der Waals surface area contributed by atoms with Crippen molar-refractivity contribution in [2.45, 2.75) is 45.4 Å². The maximum Gasteiger partial charge on any atom is 0.259 e. The van der Waals surface area contributed by atoms with Crippen molar-refractivity contribution in [3.05, 3.63) is 76.3 Å². The summed E-state index contributed by atoms with van der Waals surface area (Å²) in [5.41, 5.74) is 9.59. The smallest absolute Gasteiger partial charge is 0.259 e. The Kier molecular flexibility index (Phi) is 9.59. The molecule has 1 aliphatic heterocycles. The molecule has 0 bridgehead atoms. The summed E-state index contributed by atoms with van der Waals surface area (Å²) in [5.74, 6) is -1.30. The molecule has 4 aromatic rings. The van der Waals surface area contributed by atoms with Gasteiger partial charge in [0.25, 0.3) is 5.56 Å². The number of nitrogen functional groups attached to an aromatic ring is 1. The number of nitrogens with zero attached hydrogens (tertiary/aromatic N) is 4. The number of aromatic nitrogens is 2. The highest BCUT2D eigenvalue weighted by Gasteiger charge is 2.23. The molecule has 11 heteroatoms. The quantitative estimate of drug-likeness (QED) is 0.131. The lowest BCUT2D eigenvalue weighted by molar-refractivity contribution is 0.0865. The third kappa shape index (κ3) is 7.40. The normalized spacial score (nSPS) is 15.2. The van der Waals surface area contributed by atoms with Gasteiger partial charge in [-0.25, -0.2) is 8.78 Å². The molecule has 0 atom stereocenters. The summed E-state index contributed by atoms with van der Waals surface area (Å²) in [4.78, 5) is 18.4. The van der Waals surface area contributed by atoms with Crippen molar-refractivity contribution < 1.29 is 18.3 Å². The Labute approximate surface area is 258 Å². The van der Waals surface area contributed by atoms with Gasteiger partial charge in [0, 0.05) is 76.1 Å². The SMILES string of the molecule is CN1CCCN(Cc2cc3c(=O)n(C)cc(-c4cc(N)ccc4Oc4ccc(F)cc4F)c3n2COCC[Si](C)(C)C)CC1. The second-order valence-corrected chi connectivity index (χ2v) is 18.6. The van der Waals surface area contributed by atoms with Gasteiger partial charge in [0.05, 0.1) is 10.9 Å². The van der Waals surface area contributed by atoms with E-state index in [9.17, 15) is 13.6 Å². The fraction of sp³-hybridized carbons (Fsp3) is 0.424. The highest BCUT2D eigenvalue weighted by molar-refractivity contribution is 6.76. The van der Waals surface area contributed by atoms with Crippen LogP contribution in [0.4, 0.5) is 14.5 Å². The van der Waals surface area contributed by atoms with Crippen molar-refractivity contribution in [1.29, 1.82) is 0 Å². The summed E-state index contributed by atoms with van der Waals surface area (Å²) in [6, 6.07) is 11.3. The minimum atomic E-state index is -1.32. The number of pyridine rings is 1. The van der Waals surface area contributed by atoms with Crippen LogP contribution in [-0.4, -0.2) is 66.8 Å². The molecule has 2 N–H and O–H groups in total. The summed E-state index contributed by atoms with van der Waals surface area (Å²) in [6.07, 6.45) is 2.83. The van der Waals surface area contributed by atoms with Crippen LogP contribution in [0.1, 0.15) is 12.1 Å². The molecule has 5 rings (SSSR count). The van der Waals surface area contributed by atoms with Gasteiger partial charge in [-0.3, -0.25) is 9.69 Å². The number of ether oxygens (including phenoxy) is 2. The first kappa shape index (κ1) is 31.9. The van der Waals surface area contributed by atoms with Crippen molar-refractivity contribution in [1.82, 2.24) is 18.9 Å². The second kappa shape index (κ2) is 13.2. The van der Waals surface area contributed by atoms with E-state index in [1.807, 2.05) is 6.07 Å². The van der Waals surface area contributed by atoms with Crippen molar-refractivity contribution in [2.24, 2.45) is 7.05 Å². The van der Waals surface area contributed by atoms with Crippen LogP contribution < -0.4 is 16.0 Å². The number of rotatable bonds is 10. The van der Waals surface area contributed by atoms with E-state index in [0.717, 1.165) is 56.5 Å². The molecular weight excluding hydrogens is 580 g/mol. The predicted molar refractivity (Wildman–Crippen MR) is 175 cm³/mol. The monoisotopic (exact) mass is 623 g/mol. The largest absolute Gasteiger partial charge is 0.454 e.